The number of carbonyl (C=O) groups excluding carboxylic acids is 1. The average Bonchev–Trinajstić information content (AvgIpc) is 2.60. The third kappa shape index (κ3) is 4.95. The number of carbonyl (C=O) groups is 1. The van der Waals surface area contributed by atoms with E-state index in [1.807, 2.05) is 6.92 Å². The molecule has 0 aromatic carbocycles. The van der Waals surface area contributed by atoms with Crippen molar-refractivity contribution in [2.24, 2.45) is 0 Å². The van der Waals surface area contributed by atoms with Gasteiger partial charge in [0, 0.05) is 51.7 Å². The van der Waals surface area contributed by atoms with E-state index in [1.165, 1.54) is 0 Å². The van der Waals surface area contributed by atoms with E-state index in [0.29, 0.717) is 12.0 Å². The summed E-state index contributed by atoms with van der Waals surface area (Å²) in [5.74, 6) is 0.298. The predicted octanol–water partition coefficient (Wildman–Crippen LogP) is 0.846. The van der Waals surface area contributed by atoms with Crippen molar-refractivity contribution in [2.45, 2.75) is 32.4 Å². The lowest BCUT2D eigenvalue weighted by atomic mass is 10.1. The summed E-state index contributed by atoms with van der Waals surface area (Å²) in [6.07, 6.45) is 4.31. The number of nitrogens with one attached hydrogen (secondary N) is 1. The summed E-state index contributed by atoms with van der Waals surface area (Å²) in [6, 6.07) is 1.99. The molecule has 1 aliphatic rings. The number of rotatable bonds is 7. The number of anilines is 1. The lowest BCUT2D eigenvalue weighted by molar-refractivity contribution is -0.122. The number of piperazine rings is 1. The maximum atomic E-state index is 12.4. The Morgan fingerprint density at radius 2 is 2.17 bits per heavy atom. The molecule has 1 fully saturated rings. The highest BCUT2D eigenvalue weighted by molar-refractivity contribution is 5.93. The molecule has 128 valence electrons. The summed E-state index contributed by atoms with van der Waals surface area (Å²) in [7, 11) is 1.73. The Bertz CT molecular complexity index is 485. The van der Waals surface area contributed by atoms with E-state index in [0.717, 1.165) is 39.2 Å². The third-order valence-corrected chi connectivity index (χ3v) is 4.42. The van der Waals surface area contributed by atoms with Crippen LogP contribution in [0.4, 0.5) is 5.95 Å². The molecule has 7 heteroatoms. The first kappa shape index (κ1) is 17.8. The predicted molar refractivity (Wildman–Crippen MR) is 89.2 cm³/mol. The van der Waals surface area contributed by atoms with Gasteiger partial charge in [-0.2, -0.15) is 0 Å². The van der Waals surface area contributed by atoms with Gasteiger partial charge >= 0.3 is 0 Å². The van der Waals surface area contributed by atoms with Gasteiger partial charge in [-0.05, 0) is 19.4 Å². The lowest BCUT2D eigenvalue weighted by Gasteiger charge is -2.43. The van der Waals surface area contributed by atoms with Crippen LogP contribution < -0.4 is 5.32 Å². The first-order valence-corrected chi connectivity index (χ1v) is 8.20. The molecule has 1 saturated heterocycles. The van der Waals surface area contributed by atoms with E-state index in [2.05, 4.69) is 32.0 Å². The smallest absolute Gasteiger partial charge is 0.243 e. The fourth-order valence-corrected chi connectivity index (χ4v) is 2.90. The van der Waals surface area contributed by atoms with Crippen LogP contribution in [-0.2, 0) is 9.53 Å². The molecule has 0 saturated carbocycles. The van der Waals surface area contributed by atoms with Crippen molar-refractivity contribution >= 4 is 11.9 Å². The Labute approximate surface area is 138 Å². The molecule has 23 heavy (non-hydrogen) atoms. The molecular formula is C16H27N5O2. The van der Waals surface area contributed by atoms with Gasteiger partial charge in [0.1, 0.15) is 0 Å². The number of aromatic nitrogens is 2. The molecule has 0 bridgehead atoms. The summed E-state index contributed by atoms with van der Waals surface area (Å²) < 4.78 is 5.18. The molecule has 1 amide bonds. The maximum Gasteiger partial charge on any atom is 0.243 e. The second-order valence-corrected chi connectivity index (χ2v) is 5.82. The summed E-state index contributed by atoms with van der Waals surface area (Å²) in [4.78, 5) is 25.2. The first-order valence-electron chi connectivity index (χ1n) is 8.20. The van der Waals surface area contributed by atoms with E-state index in [9.17, 15) is 4.79 Å². The van der Waals surface area contributed by atoms with Crippen LogP contribution in [0, 0.1) is 0 Å². The van der Waals surface area contributed by atoms with Gasteiger partial charge in [0.25, 0.3) is 0 Å². The van der Waals surface area contributed by atoms with Crippen LogP contribution in [0.25, 0.3) is 0 Å². The molecule has 0 aliphatic carbocycles. The topological polar surface area (TPSA) is 70.6 Å². The number of hydrogen-bond acceptors (Lipinski definition) is 6. The van der Waals surface area contributed by atoms with Crippen molar-refractivity contribution in [3.05, 3.63) is 18.5 Å². The largest absolute Gasteiger partial charge is 0.383 e. The number of methoxy groups -OCH3 is 1. The van der Waals surface area contributed by atoms with Crippen molar-refractivity contribution < 1.29 is 9.53 Å². The van der Waals surface area contributed by atoms with Crippen molar-refractivity contribution in [1.82, 2.24) is 19.8 Å². The quantitative estimate of drug-likeness (QED) is 0.803. The van der Waals surface area contributed by atoms with Crippen LogP contribution in [-0.4, -0.2) is 77.7 Å². The molecule has 2 rings (SSSR count). The normalized spacial score (nSPS) is 21.1. The fraction of sp³-hybridized carbons (Fsp3) is 0.688. The molecular weight excluding hydrogens is 294 g/mol. The molecule has 0 spiro atoms. The molecule has 7 nitrogen and oxygen atoms in total. The Kier molecular flexibility index (Phi) is 6.88. The van der Waals surface area contributed by atoms with Crippen molar-refractivity contribution in [3.63, 3.8) is 0 Å². The molecule has 0 radical (unpaired) electrons. The third-order valence-electron chi connectivity index (χ3n) is 4.42. The second kappa shape index (κ2) is 8.90. The van der Waals surface area contributed by atoms with Crippen LogP contribution in [0.15, 0.2) is 18.5 Å². The van der Waals surface area contributed by atoms with Gasteiger partial charge in [-0.3, -0.25) is 19.9 Å². The molecule has 1 aliphatic heterocycles. The molecule has 2 heterocycles. The van der Waals surface area contributed by atoms with Crippen molar-refractivity contribution in [3.8, 4) is 0 Å². The average molecular weight is 321 g/mol. The minimum atomic E-state index is -0.197. The Balaban J connectivity index is 1.89. The SMILES string of the molecule is CC[C@H]1CN([C@H](C)C(=O)Nc2ncccn2)CCN1CCOC. The second-order valence-electron chi connectivity index (χ2n) is 5.82. The van der Waals surface area contributed by atoms with Crippen molar-refractivity contribution in [2.75, 3.05) is 45.2 Å². The summed E-state index contributed by atoms with van der Waals surface area (Å²) >= 11 is 0. The van der Waals surface area contributed by atoms with E-state index in [-0.39, 0.29) is 11.9 Å². The van der Waals surface area contributed by atoms with Gasteiger partial charge < -0.3 is 4.74 Å². The van der Waals surface area contributed by atoms with Crippen LogP contribution in [0.2, 0.25) is 0 Å². The summed E-state index contributed by atoms with van der Waals surface area (Å²) in [6.45, 7) is 8.56. The van der Waals surface area contributed by atoms with Gasteiger partial charge in [-0.15, -0.1) is 0 Å². The van der Waals surface area contributed by atoms with Crippen LogP contribution >= 0.6 is 0 Å². The minimum absolute atomic E-state index is 0.0589. The Morgan fingerprint density at radius 3 is 2.83 bits per heavy atom. The van der Waals surface area contributed by atoms with Crippen molar-refractivity contribution in [1.29, 1.82) is 0 Å². The van der Waals surface area contributed by atoms with E-state index < -0.39 is 0 Å². The van der Waals surface area contributed by atoms with Gasteiger partial charge in [0.2, 0.25) is 11.9 Å². The van der Waals surface area contributed by atoms with Crippen LogP contribution in [0.5, 0.6) is 0 Å². The van der Waals surface area contributed by atoms with Gasteiger partial charge in [-0.25, -0.2) is 9.97 Å². The summed E-state index contributed by atoms with van der Waals surface area (Å²) in [5.41, 5.74) is 0. The molecule has 2 atom stereocenters. The zero-order chi connectivity index (χ0) is 16.7. The zero-order valence-electron chi connectivity index (χ0n) is 14.2. The number of nitrogens with zero attached hydrogens (tertiary/aromatic N) is 4. The fourth-order valence-electron chi connectivity index (χ4n) is 2.90. The monoisotopic (exact) mass is 321 g/mol. The molecule has 1 N–H and O–H groups in total. The van der Waals surface area contributed by atoms with Gasteiger partial charge in [0.05, 0.1) is 12.6 Å². The van der Waals surface area contributed by atoms with E-state index in [1.54, 1.807) is 25.6 Å². The van der Waals surface area contributed by atoms with Gasteiger partial charge in [0.15, 0.2) is 0 Å². The Morgan fingerprint density at radius 1 is 1.43 bits per heavy atom. The minimum Gasteiger partial charge on any atom is -0.383 e. The molecule has 0 unspecified atom stereocenters. The zero-order valence-corrected chi connectivity index (χ0v) is 14.2. The Hall–Kier alpha value is -1.57. The molecule has 1 aromatic heterocycles. The molecule has 1 aromatic rings. The van der Waals surface area contributed by atoms with Crippen LogP contribution in [0.1, 0.15) is 20.3 Å². The number of amides is 1. The first-order chi connectivity index (χ1) is 11.2. The van der Waals surface area contributed by atoms with Gasteiger partial charge in [-0.1, -0.05) is 6.92 Å². The van der Waals surface area contributed by atoms with E-state index in [4.69, 9.17) is 4.74 Å². The van der Waals surface area contributed by atoms with E-state index >= 15 is 0 Å². The van der Waals surface area contributed by atoms with Crippen LogP contribution in [0.3, 0.4) is 0 Å². The highest BCUT2D eigenvalue weighted by Crippen LogP contribution is 2.15. The maximum absolute atomic E-state index is 12.4. The number of ether oxygens (including phenoxy) is 1. The lowest BCUT2D eigenvalue weighted by Crippen LogP contribution is -2.57. The standard InChI is InChI=1S/C16H27N5O2/c1-4-14-12-21(9-8-20(14)10-11-23-3)13(2)15(22)19-16-17-6-5-7-18-16/h5-7,13-14H,4,8-12H2,1-3H3,(H,17,18,19,22)/t13-,14+/m1/s1. The highest BCUT2D eigenvalue weighted by Gasteiger charge is 2.30. The number of hydrogen-bond donors (Lipinski definition) is 1. The highest BCUT2D eigenvalue weighted by atomic mass is 16.5. The summed E-state index contributed by atoms with van der Waals surface area (Å²) in [5, 5.41) is 2.78.